The van der Waals surface area contributed by atoms with E-state index in [2.05, 4.69) is 37.8 Å². The number of thiazole rings is 1. The lowest BCUT2D eigenvalue weighted by Gasteiger charge is -2.26. The summed E-state index contributed by atoms with van der Waals surface area (Å²) >= 11 is 1.57. The highest BCUT2D eigenvalue weighted by Crippen LogP contribution is 2.31. The standard InChI is InChI=1S/C17H16N4OS/c1-2-5-15-13(4-1)14(6-9-22-15)20-10-12-11-23-17(21-12)16-18-7-3-8-19-16/h1-5,7-8,11,14,20H,6,9-10H2. The van der Waals surface area contributed by atoms with Crippen LogP contribution in [0.3, 0.4) is 0 Å². The van der Waals surface area contributed by atoms with Crippen molar-refractivity contribution < 1.29 is 4.74 Å². The molecule has 0 radical (unpaired) electrons. The highest BCUT2D eigenvalue weighted by molar-refractivity contribution is 7.13. The van der Waals surface area contributed by atoms with Gasteiger partial charge in [0.25, 0.3) is 0 Å². The Morgan fingerprint density at radius 1 is 1.17 bits per heavy atom. The van der Waals surface area contributed by atoms with E-state index in [-0.39, 0.29) is 0 Å². The Balaban J connectivity index is 1.45. The highest BCUT2D eigenvalue weighted by Gasteiger charge is 2.20. The molecule has 1 aliphatic heterocycles. The Labute approximate surface area is 138 Å². The van der Waals surface area contributed by atoms with Crippen LogP contribution in [0.1, 0.15) is 23.7 Å². The number of fused-ring (bicyclic) bond motifs is 1. The van der Waals surface area contributed by atoms with Crippen molar-refractivity contribution in [1.29, 1.82) is 0 Å². The van der Waals surface area contributed by atoms with E-state index in [1.807, 2.05) is 18.2 Å². The van der Waals surface area contributed by atoms with Crippen LogP contribution in [0.25, 0.3) is 10.8 Å². The lowest BCUT2D eigenvalue weighted by molar-refractivity contribution is 0.252. The normalized spacial score (nSPS) is 16.6. The van der Waals surface area contributed by atoms with Gasteiger partial charge < -0.3 is 10.1 Å². The fourth-order valence-corrected chi connectivity index (χ4v) is 3.45. The van der Waals surface area contributed by atoms with Gasteiger partial charge in [-0.15, -0.1) is 11.3 Å². The van der Waals surface area contributed by atoms with Crippen LogP contribution in [-0.2, 0) is 6.54 Å². The molecule has 5 nitrogen and oxygen atoms in total. The van der Waals surface area contributed by atoms with Gasteiger partial charge in [-0.2, -0.15) is 0 Å². The maximum Gasteiger partial charge on any atom is 0.188 e. The third-order valence-electron chi connectivity index (χ3n) is 3.80. The molecule has 0 spiro atoms. The molecule has 0 aliphatic carbocycles. The fourth-order valence-electron chi connectivity index (χ4n) is 2.68. The molecule has 1 N–H and O–H groups in total. The summed E-state index contributed by atoms with van der Waals surface area (Å²) in [7, 11) is 0. The Bertz CT molecular complexity index is 790. The summed E-state index contributed by atoms with van der Waals surface area (Å²) in [5.41, 5.74) is 2.24. The van der Waals surface area contributed by atoms with E-state index in [0.29, 0.717) is 11.9 Å². The second kappa shape index (κ2) is 6.44. The molecule has 3 aromatic rings. The van der Waals surface area contributed by atoms with Gasteiger partial charge in [-0.1, -0.05) is 18.2 Å². The molecule has 1 aliphatic rings. The van der Waals surface area contributed by atoms with Crippen molar-refractivity contribution in [2.24, 2.45) is 0 Å². The lowest BCUT2D eigenvalue weighted by Crippen LogP contribution is -2.26. The van der Waals surface area contributed by atoms with Crippen LogP contribution in [-0.4, -0.2) is 21.6 Å². The summed E-state index contributed by atoms with van der Waals surface area (Å²) < 4.78 is 5.70. The summed E-state index contributed by atoms with van der Waals surface area (Å²) in [6.07, 6.45) is 4.44. The first kappa shape index (κ1) is 14.3. The molecule has 0 bridgehead atoms. The van der Waals surface area contributed by atoms with Gasteiger partial charge in [0, 0.05) is 42.3 Å². The molecule has 1 atom stereocenters. The van der Waals surface area contributed by atoms with Crippen LogP contribution in [0.5, 0.6) is 5.75 Å². The largest absolute Gasteiger partial charge is 0.493 e. The third kappa shape index (κ3) is 3.09. The van der Waals surface area contributed by atoms with Gasteiger partial charge in [-0.25, -0.2) is 15.0 Å². The van der Waals surface area contributed by atoms with E-state index in [9.17, 15) is 0 Å². The molecule has 3 heterocycles. The quantitative estimate of drug-likeness (QED) is 0.798. The Morgan fingerprint density at radius 2 is 2.04 bits per heavy atom. The van der Waals surface area contributed by atoms with Crippen LogP contribution in [0, 0.1) is 0 Å². The smallest absolute Gasteiger partial charge is 0.188 e. The minimum absolute atomic E-state index is 0.304. The number of ether oxygens (including phenoxy) is 1. The van der Waals surface area contributed by atoms with Crippen molar-refractivity contribution in [3.8, 4) is 16.6 Å². The van der Waals surface area contributed by atoms with E-state index < -0.39 is 0 Å². The molecule has 6 heteroatoms. The number of hydrogen-bond acceptors (Lipinski definition) is 6. The van der Waals surface area contributed by atoms with Crippen molar-refractivity contribution in [3.05, 3.63) is 59.4 Å². The summed E-state index contributed by atoms with van der Waals surface area (Å²) in [6, 6.07) is 10.3. The van der Waals surface area contributed by atoms with Crippen molar-refractivity contribution in [2.45, 2.75) is 19.0 Å². The number of nitrogens with one attached hydrogen (secondary N) is 1. The fraction of sp³-hybridized carbons (Fsp3) is 0.235. The summed E-state index contributed by atoms with van der Waals surface area (Å²) in [5, 5.41) is 6.50. The van der Waals surface area contributed by atoms with Crippen LogP contribution in [0.15, 0.2) is 48.1 Å². The molecule has 0 saturated carbocycles. The van der Waals surface area contributed by atoms with E-state index in [1.54, 1.807) is 23.7 Å². The van der Waals surface area contributed by atoms with Crippen LogP contribution >= 0.6 is 11.3 Å². The summed E-state index contributed by atoms with van der Waals surface area (Å²) in [4.78, 5) is 13.1. The minimum atomic E-state index is 0.304. The predicted octanol–water partition coefficient (Wildman–Crippen LogP) is 3.21. The average Bonchev–Trinajstić information content (AvgIpc) is 3.10. The first-order valence-electron chi connectivity index (χ1n) is 7.57. The number of para-hydroxylation sites is 1. The Hall–Kier alpha value is -2.31. The zero-order valence-corrected chi connectivity index (χ0v) is 13.3. The lowest BCUT2D eigenvalue weighted by atomic mass is 10.0. The molecule has 116 valence electrons. The first-order valence-corrected chi connectivity index (χ1v) is 8.45. The van der Waals surface area contributed by atoms with Crippen molar-refractivity contribution in [3.63, 3.8) is 0 Å². The van der Waals surface area contributed by atoms with Gasteiger partial charge in [0.1, 0.15) is 5.75 Å². The second-order valence-electron chi connectivity index (χ2n) is 5.32. The van der Waals surface area contributed by atoms with Gasteiger partial charge in [0.2, 0.25) is 0 Å². The Kier molecular flexibility index (Phi) is 4.00. The van der Waals surface area contributed by atoms with Crippen LogP contribution in [0.4, 0.5) is 0 Å². The van der Waals surface area contributed by atoms with E-state index in [4.69, 9.17) is 4.74 Å². The summed E-state index contributed by atoms with van der Waals surface area (Å²) in [5.74, 6) is 1.66. The summed E-state index contributed by atoms with van der Waals surface area (Å²) in [6.45, 7) is 1.47. The van der Waals surface area contributed by atoms with Crippen LogP contribution < -0.4 is 10.1 Å². The van der Waals surface area contributed by atoms with Gasteiger partial charge >= 0.3 is 0 Å². The van der Waals surface area contributed by atoms with E-state index >= 15 is 0 Å². The monoisotopic (exact) mass is 324 g/mol. The maximum atomic E-state index is 5.70. The zero-order valence-electron chi connectivity index (χ0n) is 12.5. The molecule has 0 fully saturated rings. The van der Waals surface area contributed by atoms with Gasteiger partial charge in [-0.3, -0.25) is 0 Å². The molecular formula is C17H16N4OS. The molecular weight excluding hydrogens is 308 g/mol. The van der Waals surface area contributed by atoms with E-state index in [0.717, 1.165) is 36.0 Å². The highest BCUT2D eigenvalue weighted by atomic mass is 32.1. The zero-order chi connectivity index (χ0) is 15.5. The van der Waals surface area contributed by atoms with Crippen molar-refractivity contribution in [2.75, 3.05) is 6.61 Å². The molecule has 4 rings (SSSR count). The second-order valence-corrected chi connectivity index (χ2v) is 6.18. The number of benzene rings is 1. The number of nitrogens with zero attached hydrogens (tertiary/aromatic N) is 3. The number of rotatable bonds is 4. The third-order valence-corrected chi connectivity index (χ3v) is 4.68. The van der Waals surface area contributed by atoms with Crippen molar-refractivity contribution in [1.82, 2.24) is 20.3 Å². The van der Waals surface area contributed by atoms with Crippen LogP contribution in [0.2, 0.25) is 0 Å². The molecule has 23 heavy (non-hydrogen) atoms. The SMILES string of the molecule is c1cnc(-c2nc(CNC3CCOc4ccccc43)cs2)nc1. The molecule has 0 saturated heterocycles. The predicted molar refractivity (Wildman–Crippen MR) is 89.3 cm³/mol. The number of hydrogen-bond donors (Lipinski definition) is 1. The van der Waals surface area contributed by atoms with Crippen molar-refractivity contribution >= 4 is 11.3 Å². The van der Waals surface area contributed by atoms with Gasteiger partial charge in [0.05, 0.1) is 12.3 Å². The molecule has 1 unspecified atom stereocenters. The Morgan fingerprint density at radius 3 is 2.96 bits per heavy atom. The molecule has 0 amide bonds. The number of aromatic nitrogens is 3. The average molecular weight is 324 g/mol. The molecule has 2 aromatic heterocycles. The molecule has 1 aromatic carbocycles. The maximum absolute atomic E-state index is 5.70. The first-order chi connectivity index (χ1) is 11.4. The topological polar surface area (TPSA) is 59.9 Å². The minimum Gasteiger partial charge on any atom is -0.493 e. The van der Waals surface area contributed by atoms with Gasteiger partial charge in [-0.05, 0) is 12.1 Å². The van der Waals surface area contributed by atoms with E-state index in [1.165, 1.54) is 5.56 Å². The van der Waals surface area contributed by atoms with Gasteiger partial charge in [0.15, 0.2) is 10.8 Å².